The first-order valence-corrected chi connectivity index (χ1v) is 8.59. The Morgan fingerprint density at radius 3 is 2.65 bits per heavy atom. The lowest BCUT2D eigenvalue weighted by Gasteiger charge is -2.05. The van der Waals surface area contributed by atoms with Crippen molar-refractivity contribution < 1.29 is 9.53 Å². The lowest BCUT2D eigenvalue weighted by atomic mass is 10.2. The minimum Gasteiger partial charge on any atom is -0.494 e. The van der Waals surface area contributed by atoms with Crippen LogP contribution in [0.25, 0.3) is 0 Å². The second-order valence-corrected chi connectivity index (χ2v) is 6.11. The van der Waals surface area contributed by atoms with Crippen LogP contribution in [0.2, 0.25) is 0 Å². The van der Waals surface area contributed by atoms with E-state index in [1.807, 2.05) is 42.5 Å². The number of carbonyl (C=O) groups excluding carboxylic acids is 1. The van der Waals surface area contributed by atoms with E-state index in [0.29, 0.717) is 5.56 Å². The molecule has 0 saturated heterocycles. The molecule has 23 heavy (non-hydrogen) atoms. The van der Waals surface area contributed by atoms with Gasteiger partial charge >= 0.3 is 0 Å². The molecule has 0 bridgehead atoms. The standard InChI is InChI=1S/C18H19IN2O2/c1-2-3-12-23-15-10-8-14(9-11-15)13-20-21-18(22)16-6-4-5-7-17(16)19/h4-11,13H,2-3,12H2,1H3,(H,21,22)/b20-13-. The van der Waals surface area contributed by atoms with E-state index >= 15 is 0 Å². The average molecular weight is 422 g/mol. The normalized spacial score (nSPS) is 10.7. The maximum Gasteiger partial charge on any atom is 0.272 e. The summed E-state index contributed by atoms with van der Waals surface area (Å²) in [7, 11) is 0. The molecule has 0 unspecified atom stereocenters. The van der Waals surface area contributed by atoms with Gasteiger partial charge in [-0.15, -0.1) is 0 Å². The number of nitrogens with zero attached hydrogens (tertiary/aromatic N) is 1. The van der Waals surface area contributed by atoms with Crippen molar-refractivity contribution in [2.45, 2.75) is 19.8 Å². The molecule has 0 aliphatic rings. The molecular formula is C18H19IN2O2. The van der Waals surface area contributed by atoms with Crippen LogP contribution in [0.15, 0.2) is 53.6 Å². The number of rotatable bonds is 7. The molecule has 0 atom stereocenters. The Bertz CT molecular complexity index is 669. The summed E-state index contributed by atoms with van der Waals surface area (Å²) in [5, 5.41) is 4.00. The van der Waals surface area contributed by atoms with Crippen LogP contribution in [-0.4, -0.2) is 18.7 Å². The van der Waals surface area contributed by atoms with Gasteiger partial charge in [0, 0.05) is 3.57 Å². The highest BCUT2D eigenvalue weighted by atomic mass is 127. The zero-order chi connectivity index (χ0) is 16.5. The van der Waals surface area contributed by atoms with Crippen molar-refractivity contribution in [1.29, 1.82) is 0 Å². The van der Waals surface area contributed by atoms with Gasteiger partial charge in [0.1, 0.15) is 5.75 Å². The van der Waals surface area contributed by atoms with Crippen molar-refractivity contribution in [2.75, 3.05) is 6.61 Å². The van der Waals surface area contributed by atoms with E-state index in [2.05, 4.69) is 40.0 Å². The average Bonchev–Trinajstić information content (AvgIpc) is 2.57. The third kappa shape index (κ3) is 5.67. The Labute approximate surface area is 150 Å². The van der Waals surface area contributed by atoms with Gasteiger partial charge in [0.05, 0.1) is 18.4 Å². The number of ether oxygens (including phenoxy) is 1. The molecule has 120 valence electrons. The van der Waals surface area contributed by atoms with Crippen LogP contribution >= 0.6 is 22.6 Å². The summed E-state index contributed by atoms with van der Waals surface area (Å²) in [6.45, 7) is 2.86. The van der Waals surface area contributed by atoms with Crippen LogP contribution in [-0.2, 0) is 0 Å². The molecule has 4 nitrogen and oxygen atoms in total. The monoisotopic (exact) mass is 422 g/mol. The molecular weight excluding hydrogens is 403 g/mol. The van der Waals surface area contributed by atoms with Crippen LogP contribution in [0, 0.1) is 3.57 Å². The van der Waals surface area contributed by atoms with Gasteiger partial charge in [-0.3, -0.25) is 4.79 Å². The summed E-state index contributed by atoms with van der Waals surface area (Å²) in [4.78, 5) is 12.0. The highest BCUT2D eigenvalue weighted by Gasteiger charge is 2.07. The molecule has 0 aromatic heterocycles. The second kappa shape index (κ2) is 9.29. The largest absolute Gasteiger partial charge is 0.494 e. The summed E-state index contributed by atoms with van der Waals surface area (Å²) >= 11 is 2.13. The number of benzene rings is 2. The number of halogens is 1. The van der Waals surface area contributed by atoms with Gasteiger partial charge in [0.15, 0.2) is 0 Å². The van der Waals surface area contributed by atoms with Gasteiger partial charge < -0.3 is 4.74 Å². The molecule has 0 saturated carbocycles. The van der Waals surface area contributed by atoms with Gasteiger partial charge in [-0.2, -0.15) is 5.10 Å². The quantitative estimate of drug-likeness (QED) is 0.314. The van der Waals surface area contributed by atoms with Gasteiger partial charge in [-0.25, -0.2) is 5.43 Å². The van der Waals surface area contributed by atoms with Crippen molar-refractivity contribution in [3.8, 4) is 5.75 Å². The highest BCUT2D eigenvalue weighted by molar-refractivity contribution is 14.1. The van der Waals surface area contributed by atoms with Gasteiger partial charge in [-0.1, -0.05) is 25.5 Å². The molecule has 2 aromatic carbocycles. The number of hydrazone groups is 1. The van der Waals surface area contributed by atoms with Crippen molar-refractivity contribution >= 4 is 34.7 Å². The fourth-order valence-corrected chi connectivity index (χ4v) is 2.49. The van der Waals surface area contributed by atoms with Crippen LogP contribution < -0.4 is 10.2 Å². The summed E-state index contributed by atoms with van der Waals surface area (Å²) < 4.78 is 6.49. The van der Waals surface area contributed by atoms with E-state index in [0.717, 1.165) is 34.3 Å². The fraction of sp³-hybridized carbons (Fsp3) is 0.222. The van der Waals surface area contributed by atoms with Crippen LogP contribution in [0.1, 0.15) is 35.7 Å². The number of carbonyl (C=O) groups is 1. The van der Waals surface area contributed by atoms with Gasteiger partial charge in [0.25, 0.3) is 5.91 Å². The number of hydrogen-bond acceptors (Lipinski definition) is 3. The maximum absolute atomic E-state index is 12.0. The number of hydrogen-bond donors (Lipinski definition) is 1. The third-order valence-electron chi connectivity index (χ3n) is 3.14. The maximum atomic E-state index is 12.0. The number of amides is 1. The van der Waals surface area contributed by atoms with Crippen molar-refractivity contribution in [2.24, 2.45) is 5.10 Å². The minimum atomic E-state index is -0.217. The number of unbranched alkanes of at least 4 members (excludes halogenated alkanes) is 1. The Balaban J connectivity index is 1.88. The summed E-state index contributed by atoms with van der Waals surface area (Å²) in [6.07, 6.45) is 3.78. The topological polar surface area (TPSA) is 50.7 Å². The van der Waals surface area contributed by atoms with E-state index in [9.17, 15) is 4.79 Å². The molecule has 0 spiro atoms. The predicted molar refractivity (Wildman–Crippen MR) is 101 cm³/mol. The number of nitrogens with one attached hydrogen (secondary N) is 1. The molecule has 0 aliphatic heterocycles. The molecule has 0 aliphatic carbocycles. The van der Waals surface area contributed by atoms with E-state index in [1.165, 1.54) is 0 Å². The second-order valence-electron chi connectivity index (χ2n) is 4.95. The first-order chi connectivity index (χ1) is 11.2. The summed E-state index contributed by atoms with van der Waals surface area (Å²) in [5.74, 6) is 0.629. The van der Waals surface area contributed by atoms with Crippen LogP contribution in [0.3, 0.4) is 0 Å². The molecule has 0 fully saturated rings. The van der Waals surface area contributed by atoms with Crippen LogP contribution in [0.4, 0.5) is 0 Å². The lowest BCUT2D eigenvalue weighted by molar-refractivity contribution is 0.0954. The summed E-state index contributed by atoms with van der Waals surface area (Å²) in [5.41, 5.74) is 4.05. The zero-order valence-corrected chi connectivity index (χ0v) is 15.1. The lowest BCUT2D eigenvalue weighted by Crippen LogP contribution is -2.18. The highest BCUT2D eigenvalue weighted by Crippen LogP contribution is 2.12. The Morgan fingerprint density at radius 1 is 1.22 bits per heavy atom. The first-order valence-electron chi connectivity index (χ1n) is 7.51. The summed E-state index contributed by atoms with van der Waals surface area (Å²) in [6, 6.07) is 15.0. The zero-order valence-electron chi connectivity index (χ0n) is 13.0. The van der Waals surface area contributed by atoms with Crippen LogP contribution in [0.5, 0.6) is 5.75 Å². The van der Waals surface area contributed by atoms with Gasteiger partial charge in [-0.05, 0) is 71.0 Å². The molecule has 0 radical (unpaired) electrons. The van der Waals surface area contributed by atoms with E-state index in [-0.39, 0.29) is 5.91 Å². The smallest absolute Gasteiger partial charge is 0.272 e. The molecule has 2 rings (SSSR count). The van der Waals surface area contributed by atoms with E-state index < -0.39 is 0 Å². The van der Waals surface area contributed by atoms with Crippen molar-refractivity contribution in [1.82, 2.24) is 5.43 Å². The Morgan fingerprint density at radius 2 is 1.96 bits per heavy atom. The van der Waals surface area contributed by atoms with Crippen molar-refractivity contribution in [3.63, 3.8) is 0 Å². The molecule has 1 amide bonds. The molecule has 1 N–H and O–H groups in total. The predicted octanol–water partition coefficient (Wildman–Crippen LogP) is 4.23. The fourth-order valence-electron chi connectivity index (χ4n) is 1.86. The minimum absolute atomic E-state index is 0.217. The molecule has 5 heteroatoms. The van der Waals surface area contributed by atoms with E-state index in [4.69, 9.17) is 4.74 Å². The van der Waals surface area contributed by atoms with Gasteiger partial charge in [0.2, 0.25) is 0 Å². The SMILES string of the molecule is CCCCOc1ccc(/C=N\NC(=O)c2ccccc2I)cc1. The Hall–Kier alpha value is -1.89. The first kappa shape index (κ1) is 17.5. The van der Waals surface area contributed by atoms with Crippen molar-refractivity contribution in [3.05, 3.63) is 63.2 Å². The van der Waals surface area contributed by atoms with E-state index in [1.54, 1.807) is 12.3 Å². The molecule has 0 heterocycles. The third-order valence-corrected chi connectivity index (χ3v) is 4.09. The Kier molecular flexibility index (Phi) is 7.06. The molecule has 2 aromatic rings.